The Bertz CT molecular complexity index is 568. The fraction of sp³-hybridized carbons (Fsp3) is 0.294. The number of rotatable bonds is 4. The third kappa shape index (κ3) is 3.42. The van der Waals surface area contributed by atoms with E-state index < -0.39 is 17.2 Å². The molecule has 0 aliphatic rings. The normalized spacial score (nSPS) is 14.1. The summed E-state index contributed by atoms with van der Waals surface area (Å²) in [6.07, 6.45) is 1.09. The zero-order valence-corrected chi connectivity index (χ0v) is 11.7. The third-order valence-corrected chi connectivity index (χ3v) is 3.45. The van der Waals surface area contributed by atoms with Crippen LogP contribution in [0.25, 0.3) is 0 Å². The second-order valence-electron chi connectivity index (χ2n) is 5.28. The standard InChI is InChI=1S/C17H18F2O/c1-3-12-4-6-14(7-5-12)17(2,20)11-13-8-15(18)10-16(19)9-13/h4-10,20H,3,11H2,1-2H3. The van der Waals surface area contributed by atoms with Crippen LogP contribution in [0.2, 0.25) is 0 Å². The first-order valence-electron chi connectivity index (χ1n) is 6.67. The zero-order chi connectivity index (χ0) is 14.8. The Labute approximate surface area is 117 Å². The van der Waals surface area contributed by atoms with E-state index in [1.165, 1.54) is 17.7 Å². The molecule has 0 radical (unpaired) electrons. The van der Waals surface area contributed by atoms with Crippen molar-refractivity contribution in [1.82, 2.24) is 0 Å². The Morgan fingerprint density at radius 1 is 0.950 bits per heavy atom. The van der Waals surface area contributed by atoms with Crippen molar-refractivity contribution in [2.45, 2.75) is 32.3 Å². The summed E-state index contributed by atoms with van der Waals surface area (Å²) < 4.78 is 26.4. The highest BCUT2D eigenvalue weighted by Crippen LogP contribution is 2.26. The van der Waals surface area contributed by atoms with Crippen LogP contribution >= 0.6 is 0 Å². The van der Waals surface area contributed by atoms with Crippen LogP contribution in [0.15, 0.2) is 42.5 Å². The summed E-state index contributed by atoms with van der Waals surface area (Å²) in [7, 11) is 0. The van der Waals surface area contributed by atoms with Crippen molar-refractivity contribution in [2.24, 2.45) is 0 Å². The topological polar surface area (TPSA) is 20.2 Å². The van der Waals surface area contributed by atoms with E-state index in [9.17, 15) is 13.9 Å². The molecule has 20 heavy (non-hydrogen) atoms. The number of aliphatic hydroxyl groups is 1. The van der Waals surface area contributed by atoms with Gasteiger partial charge in [0.15, 0.2) is 0 Å². The van der Waals surface area contributed by atoms with Crippen LogP contribution in [0.4, 0.5) is 8.78 Å². The molecule has 0 aromatic heterocycles. The van der Waals surface area contributed by atoms with Gasteiger partial charge in [0, 0.05) is 12.5 Å². The monoisotopic (exact) mass is 276 g/mol. The number of hydrogen-bond acceptors (Lipinski definition) is 1. The van der Waals surface area contributed by atoms with Gasteiger partial charge in [0.1, 0.15) is 11.6 Å². The smallest absolute Gasteiger partial charge is 0.126 e. The Balaban J connectivity index is 2.24. The Morgan fingerprint density at radius 2 is 1.50 bits per heavy atom. The largest absolute Gasteiger partial charge is 0.385 e. The van der Waals surface area contributed by atoms with E-state index in [4.69, 9.17) is 0 Å². The van der Waals surface area contributed by atoms with Gasteiger partial charge in [0.05, 0.1) is 5.60 Å². The first kappa shape index (κ1) is 14.7. The molecule has 2 rings (SSSR count). The molecular formula is C17H18F2O. The summed E-state index contributed by atoms with van der Waals surface area (Å²) >= 11 is 0. The fourth-order valence-electron chi connectivity index (χ4n) is 2.31. The minimum atomic E-state index is -1.16. The van der Waals surface area contributed by atoms with Crippen molar-refractivity contribution in [3.05, 3.63) is 70.8 Å². The number of halogens is 2. The average molecular weight is 276 g/mol. The lowest BCUT2D eigenvalue weighted by molar-refractivity contribution is 0.0575. The maximum absolute atomic E-state index is 13.2. The van der Waals surface area contributed by atoms with Crippen LogP contribution in [0.3, 0.4) is 0 Å². The van der Waals surface area contributed by atoms with E-state index in [2.05, 4.69) is 6.92 Å². The van der Waals surface area contributed by atoms with Gasteiger partial charge in [-0.15, -0.1) is 0 Å². The Hall–Kier alpha value is -1.74. The quantitative estimate of drug-likeness (QED) is 0.895. The number of hydrogen-bond donors (Lipinski definition) is 1. The van der Waals surface area contributed by atoms with Crippen molar-refractivity contribution in [3.63, 3.8) is 0 Å². The van der Waals surface area contributed by atoms with Crippen molar-refractivity contribution in [1.29, 1.82) is 0 Å². The maximum atomic E-state index is 13.2. The first-order chi connectivity index (χ1) is 9.40. The predicted molar refractivity (Wildman–Crippen MR) is 75.5 cm³/mol. The van der Waals surface area contributed by atoms with Gasteiger partial charge < -0.3 is 5.11 Å². The predicted octanol–water partition coefficient (Wildman–Crippen LogP) is 3.98. The Kier molecular flexibility index (Phi) is 4.19. The number of aryl methyl sites for hydroxylation is 1. The van der Waals surface area contributed by atoms with Crippen LogP contribution in [-0.4, -0.2) is 5.11 Å². The molecule has 2 aromatic carbocycles. The van der Waals surface area contributed by atoms with E-state index in [1.54, 1.807) is 6.92 Å². The summed E-state index contributed by atoms with van der Waals surface area (Å²) in [5.74, 6) is -1.26. The van der Waals surface area contributed by atoms with Gasteiger partial charge in [-0.05, 0) is 42.2 Å². The highest BCUT2D eigenvalue weighted by molar-refractivity contribution is 5.29. The van der Waals surface area contributed by atoms with Crippen molar-refractivity contribution in [2.75, 3.05) is 0 Å². The summed E-state index contributed by atoms with van der Waals surface area (Å²) in [6.45, 7) is 3.71. The Morgan fingerprint density at radius 3 is 2.00 bits per heavy atom. The van der Waals surface area contributed by atoms with Gasteiger partial charge >= 0.3 is 0 Å². The molecule has 0 aliphatic carbocycles. The van der Waals surface area contributed by atoms with Crippen LogP contribution in [-0.2, 0) is 18.4 Å². The van der Waals surface area contributed by atoms with Gasteiger partial charge in [0.25, 0.3) is 0 Å². The first-order valence-corrected chi connectivity index (χ1v) is 6.67. The van der Waals surface area contributed by atoms with Gasteiger partial charge in [-0.25, -0.2) is 8.78 Å². The van der Waals surface area contributed by atoms with Crippen LogP contribution in [0, 0.1) is 11.6 Å². The van der Waals surface area contributed by atoms with E-state index in [0.717, 1.165) is 18.1 Å². The summed E-state index contributed by atoms with van der Waals surface area (Å²) in [4.78, 5) is 0. The molecule has 1 atom stereocenters. The zero-order valence-electron chi connectivity index (χ0n) is 11.7. The van der Waals surface area contributed by atoms with Gasteiger partial charge in [-0.3, -0.25) is 0 Å². The fourth-order valence-corrected chi connectivity index (χ4v) is 2.31. The van der Waals surface area contributed by atoms with Crippen LogP contribution in [0.1, 0.15) is 30.5 Å². The van der Waals surface area contributed by atoms with E-state index >= 15 is 0 Å². The number of benzene rings is 2. The molecule has 0 saturated carbocycles. The molecule has 0 amide bonds. The van der Waals surface area contributed by atoms with Gasteiger partial charge in [-0.1, -0.05) is 31.2 Å². The second-order valence-corrected chi connectivity index (χ2v) is 5.28. The minimum Gasteiger partial charge on any atom is -0.385 e. The van der Waals surface area contributed by atoms with Gasteiger partial charge in [-0.2, -0.15) is 0 Å². The van der Waals surface area contributed by atoms with E-state index in [0.29, 0.717) is 5.56 Å². The molecule has 0 heterocycles. The molecule has 1 N–H and O–H groups in total. The van der Waals surface area contributed by atoms with Crippen molar-refractivity contribution >= 4 is 0 Å². The lowest BCUT2D eigenvalue weighted by atomic mass is 9.88. The molecule has 2 aromatic rings. The lowest BCUT2D eigenvalue weighted by Gasteiger charge is -2.24. The highest BCUT2D eigenvalue weighted by Gasteiger charge is 2.24. The van der Waals surface area contributed by atoms with Crippen LogP contribution < -0.4 is 0 Å². The second kappa shape index (κ2) is 5.71. The maximum Gasteiger partial charge on any atom is 0.126 e. The summed E-state index contributed by atoms with van der Waals surface area (Å²) in [5.41, 5.74) is 1.19. The van der Waals surface area contributed by atoms with Crippen LogP contribution in [0.5, 0.6) is 0 Å². The van der Waals surface area contributed by atoms with E-state index in [-0.39, 0.29) is 6.42 Å². The summed E-state index contributed by atoms with van der Waals surface area (Å²) in [5, 5.41) is 10.5. The molecule has 106 valence electrons. The molecule has 1 unspecified atom stereocenters. The molecule has 0 saturated heterocycles. The SMILES string of the molecule is CCc1ccc(C(C)(O)Cc2cc(F)cc(F)c2)cc1. The molecule has 0 aliphatic heterocycles. The minimum absolute atomic E-state index is 0.160. The highest BCUT2D eigenvalue weighted by atomic mass is 19.1. The van der Waals surface area contributed by atoms with Gasteiger partial charge in [0.2, 0.25) is 0 Å². The molecule has 3 heteroatoms. The third-order valence-electron chi connectivity index (χ3n) is 3.45. The molecular weight excluding hydrogens is 258 g/mol. The van der Waals surface area contributed by atoms with E-state index in [1.807, 2.05) is 24.3 Å². The lowest BCUT2D eigenvalue weighted by Crippen LogP contribution is -2.24. The van der Waals surface area contributed by atoms with Crippen molar-refractivity contribution in [3.8, 4) is 0 Å². The molecule has 1 nitrogen and oxygen atoms in total. The molecule has 0 bridgehead atoms. The van der Waals surface area contributed by atoms with Crippen molar-refractivity contribution < 1.29 is 13.9 Å². The molecule has 0 spiro atoms. The average Bonchev–Trinajstić information content (AvgIpc) is 2.37. The summed E-state index contributed by atoms with van der Waals surface area (Å²) in [6, 6.07) is 10.9. The molecule has 0 fully saturated rings.